The summed E-state index contributed by atoms with van der Waals surface area (Å²) in [5.41, 5.74) is -0.191. The van der Waals surface area contributed by atoms with Crippen molar-refractivity contribution in [3.05, 3.63) is 11.6 Å². The number of carbonyl (C=O) groups is 1. The SMILES string of the molecule is CC(=O)OC1C[C@@]23C[C@@]24CC[C@H](O[C@@H]2OC[C@@H](O)[C@@H](O)[C@H]2O)C(C)(C)C4CC=C3C2(C)CC3OC4(CC(C)C3[C@@]12C)OC(O)C1(C)OC41. The Labute approximate surface area is 282 Å². The third-order valence-electron chi connectivity index (χ3n) is 16.1. The molecule has 0 amide bonds. The Balaban J connectivity index is 1.06. The summed E-state index contributed by atoms with van der Waals surface area (Å²) in [4.78, 5) is 12.9. The molecule has 4 N–H and O–H groups in total. The van der Waals surface area contributed by atoms with Crippen molar-refractivity contribution < 1.29 is 53.6 Å². The highest BCUT2D eigenvalue weighted by molar-refractivity contribution is 5.66. The summed E-state index contributed by atoms with van der Waals surface area (Å²) >= 11 is 0. The van der Waals surface area contributed by atoms with Gasteiger partial charge >= 0.3 is 5.97 Å². The van der Waals surface area contributed by atoms with E-state index < -0.39 is 42.3 Å². The van der Waals surface area contributed by atoms with Crippen molar-refractivity contribution >= 4 is 5.97 Å². The van der Waals surface area contributed by atoms with Gasteiger partial charge in [-0.3, -0.25) is 4.79 Å². The fourth-order valence-electron chi connectivity index (χ4n) is 13.8. The van der Waals surface area contributed by atoms with Crippen LogP contribution in [0.15, 0.2) is 11.6 Å². The fraction of sp³-hybridized carbons (Fsp3) is 0.919. The molecule has 4 saturated heterocycles. The molecule has 10 unspecified atom stereocenters. The molecule has 0 aromatic rings. The number of hydrogen-bond acceptors (Lipinski definition) is 11. The Kier molecular flexibility index (Phi) is 6.57. The molecule has 0 aromatic carbocycles. The van der Waals surface area contributed by atoms with Crippen LogP contribution in [0.1, 0.15) is 93.4 Å². The molecule has 0 bridgehead atoms. The Hall–Kier alpha value is -1.15. The van der Waals surface area contributed by atoms with Gasteiger partial charge in [-0.1, -0.05) is 46.3 Å². The van der Waals surface area contributed by atoms with Crippen LogP contribution < -0.4 is 0 Å². The number of ether oxygens (including phenoxy) is 6. The van der Waals surface area contributed by atoms with Gasteiger partial charge in [-0.05, 0) is 74.0 Å². The molecule has 4 saturated carbocycles. The summed E-state index contributed by atoms with van der Waals surface area (Å²) in [6.45, 7) is 14.9. The number of carbonyl (C=O) groups excluding carboxylic acids is 1. The zero-order valence-electron chi connectivity index (χ0n) is 29.3. The summed E-state index contributed by atoms with van der Waals surface area (Å²) in [6, 6.07) is 0. The summed E-state index contributed by atoms with van der Waals surface area (Å²) < 4.78 is 37.8. The van der Waals surface area contributed by atoms with Gasteiger partial charge in [0.2, 0.25) is 5.79 Å². The lowest BCUT2D eigenvalue weighted by atomic mass is 9.44. The molecule has 11 nitrogen and oxygen atoms in total. The molecule has 9 aliphatic rings. The summed E-state index contributed by atoms with van der Waals surface area (Å²) in [5, 5.41) is 41.7. The summed E-state index contributed by atoms with van der Waals surface area (Å²) in [7, 11) is 0. The number of rotatable bonds is 3. The predicted octanol–water partition coefficient (Wildman–Crippen LogP) is 2.95. The van der Waals surface area contributed by atoms with E-state index in [9.17, 15) is 25.2 Å². The first kappa shape index (κ1) is 32.7. The Morgan fingerprint density at radius 2 is 1.71 bits per heavy atom. The van der Waals surface area contributed by atoms with E-state index in [1.165, 1.54) is 12.5 Å². The van der Waals surface area contributed by atoms with Gasteiger partial charge in [0.1, 0.15) is 36.1 Å². The molecule has 0 aromatic heterocycles. The van der Waals surface area contributed by atoms with Crippen molar-refractivity contribution in [1.29, 1.82) is 0 Å². The van der Waals surface area contributed by atoms with Crippen LogP contribution in [0.5, 0.6) is 0 Å². The van der Waals surface area contributed by atoms with Crippen LogP contribution in [-0.2, 0) is 33.2 Å². The number of allylic oxidation sites excluding steroid dienone is 2. The molecule has 4 heterocycles. The van der Waals surface area contributed by atoms with Crippen LogP contribution in [0.3, 0.4) is 0 Å². The average molecular weight is 675 g/mol. The van der Waals surface area contributed by atoms with Crippen LogP contribution in [0, 0.1) is 44.8 Å². The monoisotopic (exact) mass is 674 g/mol. The summed E-state index contributed by atoms with van der Waals surface area (Å²) in [6.07, 6.45) is 1.68. The van der Waals surface area contributed by atoms with E-state index in [-0.39, 0.29) is 75.9 Å². The number of aliphatic hydroxyl groups excluding tert-OH is 4. The molecule has 48 heavy (non-hydrogen) atoms. The highest BCUT2D eigenvalue weighted by Gasteiger charge is 2.85. The normalized spacial score (nSPS) is 61.6. The molecule has 18 atom stereocenters. The van der Waals surface area contributed by atoms with Crippen LogP contribution in [0.25, 0.3) is 0 Å². The minimum Gasteiger partial charge on any atom is -0.462 e. The number of epoxide rings is 1. The van der Waals surface area contributed by atoms with Crippen molar-refractivity contribution in [3.8, 4) is 0 Å². The largest absolute Gasteiger partial charge is 0.462 e. The van der Waals surface area contributed by atoms with Crippen LogP contribution in [-0.4, -0.2) is 99.7 Å². The lowest BCUT2D eigenvalue weighted by molar-refractivity contribution is -0.345. The second-order valence-electron chi connectivity index (χ2n) is 18.5. The van der Waals surface area contributed by atoms with Gasteiger partial charge in [-0.25, -0.2) is 0 Å². The van der Waals surface area contributed by atoms with E-state index in [1.807, 2.05) is 6.92 Å². The first-order chi connectivity index (χ1) is 22.4. The van der Waals surface area contributed by atoms with E-state index in [2.05, 4.69) is 40.7 Å². The number of esters is 1. The first-order valence-electron chi connectivity index (χ1n) is 18.3. The van der Waals surface area contributed by atoms with Crippen molar-refractivity contribution in [2.75, 3.05) is 6.61 Å². The predicted molar refractivity (Wildman–Crippen MR) is 168 cm³/mol. The molecule has 8 fully saturated rings. The molecule has 9 rings (SSSR count). The molecule has 268 valence electrons. The van der Waals surface area contributed by atoms with Gasteiger partial charge in [0.25, 0.3) is 0 Å². The van der Waals surface area contributed by atoms with Crippen LogP contribution >= 0.6 is 0 Å². The number of fused-ring (bicyclic) bond motifs is 6. The average Bonchev–Trinajstić information content (AvgIpc) is 3.84. The van der Waals surface area contributed by atoms with Gasteiger partial charge in [-0.15, -0.1) is 0 Å². The quantitative estimate of drug-likeness (QED) is 0.198. The van der Waals surface area contributed by atoms with Crippen LogP contribution in [0.2, 0.25) is 0 Å². The van der Waals surface area contributed by atoms with Crippen molar-refractivity contribution in [1.82, 2.24) is 0 Å². The topological polar surface area (TPSA) is 157 Å². The van der Waals surface area contributed by atoms with Crippen molar-refractivity contribution in [2.45, 2.75) is 160 Å². The second kappa shape index (κ2) is 9.63. The fourth-order valence-corrected chi connectivity index (χ4v) is 13.8. The third-order valence-corrected chi connectivity index (χ3v) is 16.1. The van der Waals surface area contributed by atoms with Gasteiger partial charge < -0.3 is 48.8 Å². The Morgan fingerprint density at radius 3 is 2.38 bits per heavy atom. The molecular formula is C37H54O11. The highest BCUT2D eigenvalue weighted by atomic mass is 16.8. The van der Waals surface area contributed by atoms with E-state index in [0.29, 0.717) is 12.3 Å². The number of aliphatic hydroxyl groups is 4. The zero-order valence-corrected chi connectivity index (χ0v) is 29.3. The lowest BCUT2D eigenvalue weighted by Gasteiger charge is -2.62. The molecule has 4 aliphatic heterocycles. The maximum Gasteiger partial charge on any atom is 0.302 e. The standard InChI is InChI=1S/C37H54O11/c1-17-12-37(29-34(7,47-29)30(42)48-37)46-20-13-32(5)22-9-8-21-31(3,4)23(45-28-27(41)26(40)19(39)15-43-28)10-11-35(21)16-36(22,35)14-24(44-18(2)38)33(32,6)25(17)20/h9,17,19-21,23-30,39-42H,8,10-16H2,1-7H3/t17?,19-,20?,21?,23+,24?,25?,26-,27-,28+,29?,30?,32?,33-,34?,35-,36+,37?/m1/s1. The molecule has 11 heteroatoms. The van der Waals surface area contributed by atoms with Crippen LogP contribution in [0.4, 0.5) is 0 Å². The Morgan fingerprint density at radius 1 is 0.958 bits per heavy atom. The Bertz CT molecular complexity index is 1450. The van der Waals surface area contributed by atoms with Gasteiger partial charge in [0, 0.05) is 29.6 Å². The molecule has 5 aliphatic carbocycles. The number of hydrogen-bond donors (Lipinski definition) is 4. The van der Waals surface area contributed by atoms with E-state index in [0.717, 1.165) is 38.5 Å². The first-order valence-corrected chi connectivity index (χ1v) is 18.3. The minimum absolute atomic E-state index is 0.0364. The highest BCUT2D eigenvalue weighted by Crippen LogP contribution is 2.88. The third kappa shape index (κ3) is 3.69. The van der Waals surface area contributed by atoms with Gasteiger partial charge in [0.15, 0.2) is 12.6 Å². The molecule has 0 radical (unpaired) electrons. The van der Waals surface area contributed by atoms with Gasteiger partial charge in [0.05, 0.1) is 18.8 Å². The maximum absolute atomic E-state index is 12.9. The maximum atomic E-state index is 12.9. The van der Waals surface area contributed by atoms with Crippen molar-refractivity contribution in [3.63, 3.8) is 0 Å². The summed E-state index contributed by atoms with van der Waals surface area (Å²) in [5.74, 6) is -0.600. The molecule has 3 spiro atoms. The van der Waals surface area contributed by atoms with E-state index >= 15 is 0 Å². The second-order valence-corrected chi connectivity index (χ2v) is 18.5. The van der Waals surface area contributed by atoms with E-state index in [4.69, 9.17) is 28.4 Å². The zero-order chi connectivity index (χ0) is 34.2. The van der Waals surface area contributed by atoms with Gasteiger partial charge in [-0.2, -0.15) is 0 Å². The molecular weight excluding hydrogens is 620 g/mol. The smallest absolute Gasteiger partial charge is 0.302 e. The minimum atomic E-state index is -1.32. The van der Waals surface area contributed by atoms with Crippen molar-refractivity contribution in [2.24, 2.45) is 44.8 Å². The lowest BCUT2D eigenvalue weighted by Crippen LogP contribution is -2.61. The van der Waals surface area contributed by atoms with E-state index in [1.54, 1.807) is 0 Å².